The summed E-state index contributed by atoms with van der Waals surface area (Å²) < 4.78 is 5.97. The van der Waals surface area contributed by atoms with Crippen LogP contribution in [0.3, 0.4) is 0 Å². The Balaban J connectivity index is 1.41. The SMILES string of the molecule is O=C(COC(=O)c1ccc(N2C(=O)[C@H]3C[C@H](Br)[C@@H](Br)C[C@H]3C2=O)cc1)c1ccc(Br)cc1. The van der Waals surface area contributed by atoms with Crippen LogP contribution < -0.4 is 4.90 Å². The number of Topliss-reactive ketones (excluding diaryl/α,β-unsaturated/α-hetero) is 1. The minimum absolute atomic E-state index is 0.137. The second-order valence-corrected chi connectivity index (χ2v) is 11.0. The number of alkyl halides is 2. The zero-order valence-electron chi connectivity index (χ0n) is 16.7. The first-order valence-corrected chi connectivity index (χ1v) is 12.6. The molecule has 2 fully saturated rings. The van der Waals surface area contributed by atoms with Gasteiger partial charge in [0.25, 0.3) is 0 Å². The molecule has 4 atom stereocenters. The van der Waals surface area contributed by atoms with Gasteiger partial charge in [-0.3, -0.25) is 19.3 Å². The summed E-state index contributed by atoms with van der Waals surface area (Å²) in [7, 11) is 0. The van der Waals surface area contributed by atoms with E-state index in [4.69, 9.17) is 4.74 Å². The summed E-state index contributed by atoms with van der Waals surface area (Å²) in [5.74, 6) is -2.06. The number of ether oxygens (including phenoxy) is 1. The van der Waals surface area contributed by atoms with E-state index in [1.54, 1.807) is 36.4 Å². The van der Waals surface area contributed by atoms with Crippen molar-refractivity contribution in [2.75, 3.05) is 11.5 Å². The van der Waals surface area contributed by atoms with Gasteiger partial charge >= 0.3 is 5.97 Å². The maximum atomic E-state index is 12.9. The predicted molar refractivity (Wildman–Crippen MR) is 129 cm³/mol. The zero-order valence-corrected chi connectivity index (χ0v) is 21.4. The lowest BCUT2D eigenvalue weighted by atomic mass is 9.81. The summed E-state index contributed by atoms with van der Waals surface area (Å²) >= 11 is 10.5. The van der Waals surface area contributed by atoms with Gasteiger partial charge in [0.2, 0.25) is 11.8 Å². The highest BCUT2D eigenvalue weighted by molar-refractivity contribution is 9.12. The van der Waals surface area contributed by atoms with Crippen LogP contribution in [0.25, 0.3) is 0 Å². The molecule has 0 aromatic heterocycles. The lowest BCUT2D eigenvalue weighted by molar-refractivity contribution is -0.122. The fraction of sp³-hybridized carbons (Fsp3) is 0.304. The van der Waals surface area contributed by atoms with Gasteiger partial charge < -0.3 is 4.74 Å². The fourth-order valence-electron chi connectivity index (χ4n) is 4.03. The Bertz CT molecular complexity index is 1040. The number of carbonyl (C=O) groups is 4. The Morgan fingerprint density at radius 2 is 1.34 bits per heavy atom. The minimum Gasteiger partial charge on any atom is -0.454 e. The number of fused-ring (bicyclic) bond motifs is 1. The molecule has 1 aliphatic carbocycles. The van der Waals surface area contributed by atoms with Crippen molar-refractivity contribution >= 4 is 77.0 Å². The number of hydrogen-bond donors (Lipinski definition) is 0. The van der Waals surface area contributed by atoms with Crippen molar-refractivity contribution in [2.45, 2.75) is 22.5 Å². The number of halogens is 3. The van der Waals surface area contributed by atoms with Gasteiger partial charge in [-0.15, -0.1) is 0 Å². The molecule has 2 amide bonds. The first-order valence-electron chi connectivity index (χ1n) is 9.98. The van der Waals surface area contributed by atoms with Crippen LogP contribution in [0, 0.1) is 11.8 Å². The van der Waals surface area contributed by atoms with Crippen molar-refractivity contribution in [3.8, 4) is 0 Å². The Hall–Kier alpha value is -1.84. The van der Waals surface area contributed by atoms with Gasteiger partial charge in [-0.1, -0.05) is 59.9 Å². The molecular weight excluding hydrogens is 610 g/mol. The van der Waals surface area contributed by atoms with Crippen LogP contribution in [0.1, 0.15) is 33.6 Å². The van der Waals surface area contributed by atoms with E-state index < -0.39 is 5.97 Å². The Labute approximate surface area is 210 Å². The number of amides is 2. The van der Waals surface area contributed by atoms with Crippen LogP contribution in [-0.4, -0.2) is 39.8 Å². The van der Waals surface area contributed by atoms with Crippen LogP contribution >= 0.6 is 47.8 Å². The molecule has 4 rings (SSSR count). The molecule has 2 aromatic rings. The number of hydrogen-bond acceptors (Lipinski definition) is 5. The molecular formula is C23H18Br3NO5. The van der Waals surface area contributed by atoms with Crippen LogP contribution in [-0.2, 0) is 14.3 Å². The molecule has 2 aliphatic rings. The van der Waals surface area contributed by atoms with Gasteiger partial charge in [-0.05, 0) is 49.2 Å². The highest BCUT2D eigenvalue weighted by Gasteiger charge is 2.52. The third kappa shape index (κ3) is 4.61. The minimum atomic E-state index is -0.654. The molecule has 32 heavy (non-hydrogen) atoms. The number of rotatable bonds is 5. The number of nitrogens with zero attached hydrogens (tertiary/aromatic N) is 1. The highest BCUT2D eigenvalue weighted by atomic mass is 79.9. The number of ketones is 1. The van der Waals surface area contributed by atoms with Gasteiger partial charge in [0.05, 0.1) is 23.1 Å². The van der Waals surface area contributed by atoms with Crippen molar-refractivity contribution < 1.29 is 23.9 Å². The quantitative estimate of drug-likeness (QED) is 0.204. The van der Waals surface area contributed by atoms with Crippen LogP contribution in [0.5, 0.6) is 0 Å². The average Bonchev–Trinajstić information content (AvgIpc) is 3.02. The molecule has 0 bridgehead atoms. The van der Waals surface area contributed by atoms with E-state index in [9.17, 15) is 19.2 Å². The monoisotopic (exact) mass is 625 g/mol. The number of benzene rings is 2. The van der Waals surface area contributed by atoms with E-state index in [2.05, 4.69) is 47.8 Å². The van der Waals surface area contributed by atoms with Crippen molar-refractivity contribution in [1.82, 2.24) is 0 Å². The predicted octanol–water partition coefficient (Wildman–Crippen LogP) is 4.92. The molecule has 2 aromatic carbocycles. The molecule has 1 saturated heterocycles. The summed E-state index contributed by atoms with van der Waals surface area (Å²) in [4.78, 5) is 51.8. The number of imide groups is 1. The third-order valence-corrected chi connectivity index (χ3v) is 9.04. The summed E-state index contributed by atoms with van der Waals surface area (Å²) in [5.41, 5.74) is 1.10. The van der Waals surface area contributed by atoms with E-state index in [0.29, 0.717) is 24.1 Å². The second kappa shape index (κ2) is 9.57. The topological polar surface area (TPSA) is 80.8 Å². The summed E-state index contributed by atoms with van der Waals surface area (Å²) in [6.07, 6.45) is 1.19. The van der Waals surface area contributed by atoms with Crippen molar-refractivity contribution in [2.24, 2.45) is 11.8 Å². The third-order valence-electron chi connectivity index (χ3n) is 5.77. The second-order valence-electron chi connectivity index (χ2n) is 7.78. The standard InChI is InChI=1S/C23H18Br3NO5/c24-14-5-1-12(2-6-14)20(28)11-32-23(31)13-3-7-15(8-4-13)27-21(29)16-9-18(25)19(26)10-17(16)22(27)30/h1-8,16-19H,9-11H2/t16-,17+,18-,19-/m0/s1. The molecule has 9 heteroatoms. The van der Waals surface area contributed by atoms with Crippen molar-refractivity contribution in [3.63, 3.8) is 0 Å². The Morgan fingerprint density at radius 3 is 1.88 bits per heavy atom. The molecule has 1 saturated carbocycles. The fourth-order valence-corrected chi connectivity index (χ4v) is 5.53. The zero-order chi connectivity index (χ0) is 23.0. The smallest absolute Gasteiger partial charge is 0.338 e. The molecule has 1 heterocycles. The van der Waals surface area contributed by atoms with Gasteiger partial charge in [0, 0.05) is 19.7 Å². The van der Waals surface area contributed by atoms with Gasteiger partial charge in [-0.2, -0.15) is 0 Å². The van der Waals surface area contributed by atoms with E-state index in [1.165, 1.54) is 17.0 Å². The van der Waals surface area contributed by atoms with E-state index >= 15 is 0 Å². The summed E-state index contributed by atoms with van der Waals surface area (Å²) in [6, 6.07) is 12.9. The van der Waals surface area contributed by atoms with Crippen LogP contribution in [0.2, 0.25) is 0 Å². The molecule has 6 nitrogen and oxygen atoms in total. The van der Waals surface area contributed by atoms with E-state index in [0.717, 1.165) is 4.47 Å². The van der Waals surface area contributed by atoms with Gasteiger partial charge in [-0.25, -0.2) is 4.79 Å². The number of esters is 1. The molecule has 166 valence electrons. The maximum Gasteiger partial charge on any atom is 0.338 e. The maximum absolute atomic E-state index is 12.9. The summed E-state index contributed by atoms with van der Waals surface area (Å²) in [5, 5.41) is 0. The van der Waals surface area contributed by atoms with Crippen LogP contribution in [0.4, 0.5) is 5.69 Å². The van der Waals surface area contributed by atoms with Crippen molar-refractivity contribution in [1.29, 1.82) is 0 Å². The van der Waals surface area contributed by atoms with E-state index in [-0.39, 0.29) is 51.3 Å². The van der Waals surface area contributed by atoms with Crippen LogP contribution in [0.15, 0.2) is 53.0 Å². The lowest BCUT2D eigenvalue weighted by Gasteiger charge is -2.29. The largest absolute Gasteiger partial charge is 0.454 e. The summed E-state index contributed by atoms with van der Waals surface area (Å²) in [6.45, 7) is -0.379. The average molecular weight is 628 g/mol. The highest BCUT2D eigenvalue weighted by Crippen LogP contribution is 2.44. The molecule has 0 unspecified atom stereocenters. The molecule has 0 N–H and O–H groups in total. The molecule has 0 spiro atoms. The Kier molecular flexibility index (Phi) is 6.97. The lowest BCUT2D eigenvalue weighted by Crippen LogP contribution is -2.34. The normalized spacial score (nSPS) is 24.9. The first kappa shape index (κ1) is 23.3. The molecule has 0 radical (unpaired) electrons. The van der Waals surface area contributed by atoms with Crippen molar-refractivity contribution in [3.05, 3.63) is 64.1 Å². The van der Waals surface area contributed by atoms with E-state index in [1.807, 2.05) is 0 Å². The first-order chi connectivity index (χ1) is 15.3. The molecule has 1 aliphatic heterocycles. The number of anilines is 1. The van der Waals surface area contributed by atoms with Gasteiger partial charge in [0.1, 0.15) is 0 Å². The number of carbonyl (C=O) groups excluding carboxylic acids is 4. The Morgan fingerprint density at radius 1 is 0.844 bits per heavy atom. The van der Waals surface area contributed by atoms with Gasteiger partial charge in [0.15, 0.2) is 12.4 Å².